The molecule has 0 spiro atoms. The average molecular weight is 463 g/mol. The van der Waals surface area contributed by atoms with Crippen molar-refractivity contribution in [3.05, 3.63) is 60.1 Å². The van der Waals surface area contributed by atoms with Gasteiger partial charge in [-0.2, -0.15) is 15.5 Å². The molecule has 4 aromatic heterocycles. The van der Waals surface area contributed by atoms with Gasteiger partial charge in [0.15, 0.2) is 5.82 Å². The van der Waals surface area contributed by atoms with E-state index in [9.17, 15) is 14.8 Å². The Morgan fingerprint density at radius 3 is 2.79 bits per heavy atom. The zero-order valence-electron chi connectivity index (χ0n) is 18.4. The van der Waals surface area contributed by atoms with E-state index in [4.69, 9.17) is 0 Å². The molecule has 7 nitrogen and oxygen atoms in total. The number of fused-ring (bicyclic) bond motifs is 1. The zero-order chi connectivity index (χ0) is 23.2. The first-order valence-corrected chi connectivity index (χ1v) is 11.6. The standard InChI is InChI=1S/C24H23FN6OS/c1-15-19(13-29-31(15)18-5-7-24(2,32)8-6-18)16-10-21(33-23-20(25)4-3-9-27-23)22-17(11-26)12-28-30(22)14-16/h3-4,9-10,12-14,18,32H,5-8H2,1-2H3/t18-,24-. The van der Waals surface area contributed by atoms with Crippen LogP contribution in [0, 0.1) is 24.1 Å². The lowest BCUT2D eigenvalue weighted by atomic mass is 9.83. The van der Waals surface area contributed by atoms with E-state index in [-0.39, 0.29) is 11.1 Å². The van der Waals surface area contributed by atoms with Crippen LogP contribution in [-0.2, 0) is 0 Å². The van der Waals surface area contributed by atoms with Gasteiger partial charge in [-0.3, -0.25) is 4.68 Å². The molecule has 0 atom stereocenters. The molecule has 1 saturated carbocycles. The van der Waals surface area contributed by atoms with Crippen LogP contribution in [0.3, 0.4) is 0 Å². The number of hydrogen-bond donors (Lipinski definition) is 1. The number of nitrogens with zero attached hydrogens (tertiary/aromatic N) is 6. The van der Waals surface area contributed by atoms with E-state index in [1.54, 1.807) is 16.8 Å². The van der Waals surface area contributed by atoms with Gasteiger partial charge in [0.05, 0.1) is 35.1 Å². The van der Waals surface area contributed by atoms with Crippen molar-refractivity contribution in [2.24, 2.45) is 0 Å². The molecular weight excluding hydrogens is 439 g/mol. The average Bonchev–Trinajstić information content (AvgIpc) is 3.39. The summed E-state index contributed by atoms with van der Waals surface area (Å²) in [7, 11) is 0. The molecule has 0 aliphatic heterocycles. The molecule has 168 valence electrons. The number of halogens is 1. The van der Waals surface area contributed by atoms with Crippen molar-refractivity contribution < 1.29 is 9.50 Å². The Morgan fingerprint density at radius 1 is 1.27 bits per heavy atom. The fourth-order valence-electron chi connectivity index (χ4n) is 4.49. The van der Waals surface area contributed by atoms with E-state index < -0.39 is 11.4 Å². The molecule has 9 heteroatoms. The van der Waals surface area contributed by atoms with Crippen molar-refractivity contribution in [1.29, 1.82) is 5.26 Å². The van der Waals surface area contributed by atoms with Crippen molar-refractivity contribution in [1.82, 2.24) is 24.4 Å². The van der Waals surface area contributed by atoms with Crippen molar-refractivity contribution in [3.63, 3.8) is 0 Å². The first-order chi connectivity index (χ1) is 15.9. The fraction of sp³-hybridized carbons (Fsp3) is 0.333. The minimum absolute atomic E-state index is 0.239. The summed E-state index contributed by atoms with van der Waals surface area (Å²) in [5, 5.41) is 29.1. The number of rotatable bonds is 4. The number of pyridine rings is 2. The van der Waals surface area contributed by atoms with Crippen LogP contribution in [0.2, 0.25) is 0 Å². The maximum absolute atomic E-state index is 14.3. The highest BCUT2D eigenvalue weighted by Gasteiger charge is 2.30. The van der Waals surface area contributed by atoms with E-state index in [1.807, 2.05) is 37.0 Å². The Kier molecular flexibility index (Phi) is 5.43. The lowest BCUT2D eigenvalue weighted by Crippen LogP contribution is -2.31. The van der Waals surface area contributed by atoms with E-state index in [0.717, 1.165) is 42.5 Å². The highest BCUT2D eigenvalue weighted by atomic mass is 32.2. The number of hydrogen-bond acceptors (Lipinski definition) is 6. The topological polar surface area (TPSA) is 92.0 Å². The van der Waals surface area contributed by atoms with E-state index in [0.29, 0.717) is 16.0 Å². The largest absolute Gasteiger partial charge is 0.390 e. The van der Waals surface area contributed by atoms with Crippen molar-refractivity contribution >= 4 is 17.3 Å². The molecule has 0 aromatic carbocycles. The second-order valence-electron chi connectivity index (χ2n) is 8.77. The van der Waals surface area contributed by atoms with Crippen LogP contribution in [-0.4, -0.2) is 35.1 Å². The van der Waals surface area contributed by atoms with Gasteiger partial charge >= 0.3 is 0 Å². The van der Waals surface area contributed by atoms with Gasteiger partial charge in [-0.1, -0.05) is 11.8 Å². The van der Waals surface area contributed by atoms with Gasteiger partial charge in [0, 0.05) is 34.1 Å². The summed E-state index contributed by atoms with van der Waals surface area (Å²) in [5.41, 5.74) is 3.29. The molecule has 4 aromatic rings. The Bertz CT molecular complexity index is 1380. The number of nitriles is 1. The molecule has 1 aliphatic carbocycles. The highest BCUT2D eigenvalue weighted by Crippen LogP contribution is 2.39. The van der Waals surface area contributed by atoms with Crippen LogP contribution < -0.4 is 0 Å². The minimum Gasteiger partial charge on any atom is -0.390 e. The minimum atomic E-state index is -0.600. The van der Waals surface area contributed by atoms with Crippen LogP contribution in [0.15, 0.2) is 52.9 Å². The smallest absolute Gasteiger partial charge is 0.155 e. The van der Waals surface area contributed by atoms with Crippen molar-refractivity contribution in [2.75, 3.05) is 0 Å². The summed E-state index contributed by atoms with van der Waals surface area (Å²) in [4.78, 5) is 4.85. The van der Waals surface area contributed by atoms with E-state index in [1.165, 1.54) is 24.0 Å². The van der Waals surface area contributed by atoms with Crippen molar-refractivity contribution in [3.8, 4) is 17.2 Å². The molecule has 5 rings (SSSR count). The molecule has 0 amide bonds. The predicted molar refractivity (Wildman–Crippen MR) is 122 cm³/mol. The molecule has 1 N–H and O–H groups in total. The maximum Gasteiger partial charge on any atom is 0.155 e. The number of aliphatic hydroxyl groups is 1. The molecule has 1 fully saturated rings. The van der Waals surface area contributed by atoms with Gasteiger partial charge in [0.2, 0.25) is 0 Å². The molecule has 0 unspecified atom stereocenters. The molecule has 4 heterocycles. The fourth-order valence-corrected chi connectivity index (χ4v) is 5.46. The lowest BCUT2D eigenvalue weighted by Gasteiger charge is -2.33. The third-order valence-electron chi connectivity index (χ3n) is 6.36. The monoisotopic (exact) mass is 462 g/mol. The first kappa shape index (κ1) is 21.6. The maximum atomic E-state index is 14.3. The summed E-state index contributed by atoms with van der Waals surface area (Å²) in [6.07, 6.45) is 10.0. The molecule has 33 heavy (non-hydrogen) atoms. The molecule has 0 bridgehead atoms. The predicted octanol–water partition coefficient (Wildman–Crippen LogP) is 4.93. The lowest BCUT2D eigenvalue weighted by molar-refractivity contribution is 0.00826. The second kappa shape index (κ2) is 8.28. The van der Waals surface area contributed by atoms with Crippen LogP contribution in [0.4, 0.5) is 4.39 Å². The number of aromatic nitrogens is 5. The van der Waals surface area contributed by atoms with Gasteiger partial charge in [0.25, 0.3) is 0 Å². The summed E-state index contributed by atoms with van der Waals surface area (Å²) in [5.74, 6) is -0.416. The van der Waals surface area contributed by atoms with Crippen LogP contribution in [0.25, 0.3) is 16.6 Å². The zero-order valence-corrected chi connectivity index (χ0v) is 19.2. The van der Waals surface area contributed by atoms with Crippen LogP contribution in [0.5, 0.6) is 0 Å². The summed E-state index contributed by atoms with van der Waals surface area (Å²) < 4.78 is 18.0. The second-order valence-corrected chi connectivity index (χ2v) is 9.80. The molecule has 1 aliphatic rings. The Hall–Kier alpha value is -3.22. The van der Waals surface area contributed by atoms with Crippen LogP contribution in [0.1, 0.15) is 49.9 Å². The SMILES string of the molecule is Cc1c(-c2cc(Sc3ncccc3F)c3c(C#N)cnn3c2)cnn1[C@H]1CC[C@](C)(O)CC1. The van der Waals surface area contributed by atoms with Gasteiger partial charge in [0.1, 0.15) is 11.1 Å². The van der Waals surface area contributed by atoms with E-state index >= 15 is 0 Å². The first-order valence-electron chi connectivity index (χ1n) is 10.8. The van der Waals surface area contributed by atoms with Gasteiger partial charge in [-0.05, 0) is 57.7 Å². The van der Waals surface area contributed by atoms with Crippen LogP contribution >= 0.6 is 11.8 Å². The normalized spacial score (nSPS) is 20.8. The Labute approximate surface area is 194 Å². The van der Waals surface area contributed by atoms with E-state index in [2.05, 4.69) is 21.3 Å². The third-order valence-corrected chi connectivity index (χ3v) is 7.39. The summed E-state index contributed by atoms with van der Waals surface area (Å²) in [6, 6.07) is 7.27. The third kappa shape index (κ3) is 4.01. The van der Waals surface area contributed by atoms with Gasteiger partial charge < -0.3 is 5.11 Å². The Morgan fingerprint density at radius 2 is 2.06 bits per heavy atom. The van der Waals surface area contributed by atoms with Gasteiger partial charge in [-0.15, -0.1) is 0 Å². The van der Waals surface area contributed by atoms with Crippen molar-refractivity contribution in [2.45, 2.75) is 61.1 Å². The quantitative estimate of drug-likeness (QED) is 0.462. The highest BCUT2D eigenvalue weighted by molar-refractivity contribution is 7.99. The molecular formula is C24H23FN6OS. The molecule has 0 saturated heterocycles. The summed E-state index contributed by atoms with van der Waals surface area (Å²) >= 11 is 1.17. The Balaban J connectivity index is 1.57. The molecule has 0 radical (unpaired) electrons. The summed E-state index contributed by atoms with van der Waals surface area (Å²) in [6.45, 7) is 3.93. The van der Waals surface area contributed by atoms with Gasteiger partial charge in [-0.25, -0.2) is 13.9 Å².